The van der Waals surface area contributed by atoms with Crippen LogP contribution >= 0.6 is 11.6 Å². The molecule has 6 nitrogen and oxygen atoms in total. The van der Waals surface area contributed by atoms with Crippen LogP contribution < -0.4 is 4.74 Å². The highest BCUT2D eigenvalue weighted by atomic mass is 35.5. The van der Waals surface area contributed by atoms with Crippen LogP contribution in [0.25, 0.3) is 0 Å². The molecule has 0 radical (unpaired) electrons. The smallest absolute Gasteiger partial charge is 0.217 e. The first kappa shape index (κ1) is 17.5. The van der Waals surface area contributed by atoms with E-state index in [0.717, 1.165) is 4.31 Å². The molecular formula is C13H18ClNO5S2. The summed E-state index contributed by atoms with van der Waals surface area (Å²) in [5.74, 6) is 0.195. The number of rotatable bonds is 6. The van der Waals surface area contributed by atoms with Crippen LogP contribution in [0.15, 0.2) is 24.3 Å². The largest absolute Gasteiger partial charge is 0.492 e. The predicted molar refractivity (Wildman–Crippen MR) is 85.6 cm³/mol. The quantitative estimate of drug-likeness (QED) is 0.753. The average Bonchev–Trinajstić information content (AvgIpc) is 2.79. The second kappa shape index (κ2) is 6.74. The van der Waals surface area contributed by atoms with Crippen LogP contribution in [0.2, 0.25) is 5.02 Å². The molecule has 1 atom stereocenters. The molecule has 22 heavy (non-hydrogen) atoms. The van der Waals surface area contributed by atoms with E-state index >= 15 is 0 Å². The third-order valence-corrected chi connectivity index (χ3v) is 8.03. The molecule has 124 valence electrons. The van der Waals surface area contributed by atoms with Crippen molar-refractivity contribution >= 4 is 31.5 Å². The van der Waals surface area contributed by atoms with Gasteiger partial charge in [0.25, 0.3) is 0 Å². The number of nitrogens with zero attached hydrogens (tertiary/aromatic N) is 1. The van der Waals surface area contributed by atoms with Crippen molar-refractivity contribution < 1.29 is 21.6 Å². The summed E-state index contributed by atoms with van der Waals surface area (Å²) < 4.78 is 54.0. The van der Waals surface area contributed by atoms with Gasteiger partial charge in [0.2, 0.25) is 10.0 Å². The van der Waals surface area contributed by atoms with Gasteiger partial charge in [-0.2, -0.15) is 0 Å². The van der Waals surface area contributed by atoms with E-state index in [2.05, 4.69) is 0 Å². The van der Waals surface area contributed by atoms with E-state index in [1.54, 1.807) is 24.3 Å². The minimum absolute atomic E-state index is 0.0657. The Kier molecular flexibility index (Phi) is 5.37. The SMILES string of the molecule is CN(CCOc1cccc(Cl)c1)S(=O)(=O)C1CCS(=O)(=O)C1. The van der Waals surface area contributed by atoms with Crippen LogP contribution in [-0.2, 0) is 19.9 Å². The number of sulfonamides is 1. The van der Waals surface area contributed by atoms with Crippen molar-refractivity contribution in [2.24, 2.45) is 0 Å². The van der Waals surface area contributed by atoms with Crippen LogP contribution in [-0.4, -0.2) is 58.1 Å². The monoisotopic (exact) mass is 367 g/mol. The van der Waals surface area contributed by atoms with Gasteiger partial charge in [-0.05, 0) is 24.6 Å². The predicted octanol–water partition coefficient (Wildman–Crippen LogP) is 1.17. The molecule has 9 heteroatoms. The third-order valence-electron chi connectivity index (χ3n) is 3.52. The fourth-order valence-electron chi connectivity index (χ4n) is 2.23. The standard InChI is InChI=1S/C13H18ClNO5S2/c1-15(6-7-20-12-4-2-3-11(14)9-12)22(18,19)13-5-8-21(16,17)10-13/h2-4,9,13H,5-8,10H2,1H3. The molecular weight excluding hydrogens is 350 g/mol. The lowest BCUT2D eigenvalue weighted by Crippen LogP contribution is -2.38. The first-order valence-corrected chi connectivity index (χ1v) is 10.4. The van der Waals surface area contributed by atoms with Crippen molar-refractivity contribution in [1.82, 2.24) is 4.31 Å². The Morgan fingerprint density at radius 1 is 1.41 bits per heavy atom. The lowest BCUT2D eigenvalue weighted by molar-refractivity contribution is 0.286. The van der Waals surface area contributed by atoms with Gasteiger partial charge in [-0.3, -0.25) is 0 Å². The van der Waals surface area contributed by atoms with Crippen molar-refractivity contribution in [3.8, 4) is 5.75 Å². The summed E-state index contributed by atoms with van der Waals surface area (Å²) >= 11 is 5.83. The molecule has 1 aliphatic rings. The topological polar surface area (TPSA) is 80.8 Å². The van der Waals surface area contributed by atoms with Gasteiger partial charge in [0.1, 0.15) is 12.4 Å². The maximum absolute atomic E-state index is 12.3. The first-order valence-electron chi connectivity index (χ1n) is 6.75. The van der Waals surface area contributed by atoms with Crippen LogP contribution in [0.1, 0.15) is 6.42 Å². The minimum atomic E-state index is -3.62. The Balaban J connectivity index is 1.90. The number of sulfone groups is 1. The third kappa shape index (κ3) is 4.34. The molecule has 1 heterocycles. The summed E-state index contributed by atoms with van der Waals surface area (Å²) in [6, 6.07) is 6.82. The fourth-order valence-corrected chi connectivity index (χ4v) is 6.66. The molecule has 0 N–H and O–H groups in total. The lowest BCUT2D eigenvalue weighted by Gasteiger charge is -2.20. The van der Waals surface area contributed by atoms with Gasteiger partial charge in [0.15, 0.2) is 9.84 Å². The van der Waals surface area contributed by atoms with Gasteiger partial charge in [-0.25, -0.2) is 21.1 Å². The zero-order valence-electron chi connectivity index (χ0n) is 12.1. The van der Waals surface area contributed by atoms with Crippen molar-refractivity contribution in [2.75, 3.05) is 31.7 Å². The first-order chi connectivity index (χ1) is 10.2. The minimum Gasteiger partial charge on any atom is -0.492 e. The molecule has 1 saturated heterocycles. The fraction of sp³-hybridized carbons (Fsp3) is 0.538. The second-order valence-corrected chi connectivity index (χ2v) is 10.2. The molecule has 0 aliphatic carbocycles. The maximum atomic E-state index is 12.3. The molecule has 0 spiro atoms. The molecule has 1 aromatic carbocycles. The van der Waals surface area contributed by atoms with Crippen molar-refractivity contribution in [3.63, 3.8) is 0 Å². The van der Waals surface area contributed by atoms with Gasteiger partial charge in [0.05, 0.1) is 16.8 Å². The highest BCUT2D eigenvalue weighted by Crippen LogP contribution is 2.21. The number of hydrogen-bond acceptors (Lipinski definition) is 5. The normalized spacial score (nSPS) is 21.1. The lowest BCUT2D eigenvalue weighted by atomic mass is 10.3. The summed E-state index contributed by atoms with van der Waals surface area (Å²) in [6.07, 6.45) is 0.157. The van der Waals surface area contributed by atoms with E-state index in [1.807, 2.05) is 0 Å². The number of hydrogen-bond donors (Lipinski definition) is 0. The maximum Gasteiger partial charge on any atom is 0.217 e. The second-order valence-electron chi connectivity index (χ2n) is 5.20. The van der Waals surface area contributed by atoms with Crippen LogP contribution in [0.5, 0.6) is 5.75 Å². The Hall–Kier alpha value is -0.830. The summed E-state index contributed by atoms with van der Waals surface area (Å²) in [7, 11) is -5.42. The van der Waals surface area contributed by atoms with Crippen LogP contribution in [0, 0.1) is 0 Å². The highest BCUT2D eigenvalue weighted by molar-refractivity contribution is 7.95. The molecule has 0 bridgehead atoms. The molecule has 1 fully saturated rings. The number of halogens is 1. The molecule has 1 unspecified atom stereocenters. The van der Waals surface area contributed by atoms with E-state index in [0.29, 0.717) is 10.8 Å². The number of likely N-dealkylation sites (N-methyl/N-ethyl adjacent to an activating group) is 1. The summed E-state index contributed by atoms with van der Waals surface area (Å²) in [4.78, 5) is 0. The summed E-state index contributed by atoms with van der Waals surface area (Å²) in [6.45, 7) is 0.306. The molecule has 1 aliphatic heterocycles. The van der Waals surface area contributed by atoms with Crippen molar-refractivity contribution in [1.29, 1.82) is 0 Å². The zero-order valence-corrected chi connectivity index (χ0v) is 14.5. The molecule has 0 aromatic heterocycles. The van der Waals surface area contributed by atoms with E-state index in [-0.39, 0.29) is 31.1 Å². The Bertz CT molecular complexity index is 733. The highest BCUT2D eigenvalue weighted by Gasteiger charge is 2.39. The van der Waals surface area contributed by atoms with E-state index < -0.39 is 25.1 Å². The summed E-state index contributed by atoms with van der Waals surface area (Å²) in [5.41, 5.74) is 0. The number of ether oxygens (including phenoxy) is 1. The van der Waals surface area contributed by atoms with Crippen molar-refractivity contribution in [2.45, 2.75) is 11.7 Å². The Morgan fingerprint density at radius 3 is 2.73 bits per heavy atom. The molecule has 2 rings (SSSR count). The summed E-state index contributed by atoms with van der Waals surface area (Å²) in [5, 5.41) is -0.316. The van der Waals surface area contributed by atoms with E-state index in [9.17, 15) is 16.8 Å². The van der Waals surface area contributed by atoms with Gasteiger partial charge in [-0.15, -0.1) is 0 Å². The average molecular weight is 368 g/mol. The van der Waals surface area contributed by atoms with Gasteiger partial charge >= 0.3 is 0 Å². The van der Waals surface area contributed by atoms with Crippen molar-refractivity contribution in [3.05, 3.63) is 29.3 Å². The zero-order chi connectivity index (χ0) is 16.4. The number of benzene rings is 1. The van der Waals surface area contributed by atoms with Crippen LogP contribution in [0.4, 0.5) is 0 Å². The van der Waals surface area contributed by atoms with E-state index in [1.165, 1.54) is 7.05 Å². The Labute approximate surface area is 136 Å². The van der Waals surface area contributed by atoms with Gasteiger partial charge in [-0.1, -0.05) is 17.7 Å². The Morgan fingerprint density at radius 2 is 2.14 bits per heavy atom. The van der Waals surface area contributed by atoms with Crippen LogP contribution in [0.3, 0.4) is 0 Å². The molecule has 1 aromatic rings. The van der Waals surface area contributed by atoms with Gasteiger partial charge < -0.3 is 4.74 Å². The van der Waals surface area contributed by atoms with E-state index in [4.69, 9.17) is 16.3 Å². The molecule has 0 saturated carbocycles. The molecule has 0 amide bonds. The van der Waals surface area contributed by atoms with Gasteiger partial charge in [0, 0.05) is 18.6 Å².